The van der Waals surface area contributed by atoms with Crippen LogP contribution in [-0.4, -0.2) is 31.4 Å². The van der Waals surface area contributed by atoms with E-state index in [0.717, 1.165) is 0 Å². The number of aromatic amines is 2. The van der Waals surface area contributed by atoms with Crippen LogP contribution in [-0.2, 0) is 18.4 Å². The maximum absolute atomic E-state index is 12.0. The SMILES string of the molecule is C=CC[n+]1c(SCCC(=O)O)[nH]c2c1c(=O)[nH]c(=O)n2C. The first-order chi connectivity index (χ1) is 9.95. The van der Waals surface area contributed by atoms with Crippen molar-refractivity contribution in [2.24, 2.45) is 7.05 Å². The Morgan fingerprint density at radius 3 is 2.81 bits per heavy atom. The minimum absolute atomic E-state index is 0.00338. The summed E-state index contributed by atoms with van der Waals surface area (Å²) in [6.45, 7) is 4.01. The summed E-state index contributed by atoms with van der Waals surface area (Å²) in [5.41, 5.74) is -0.281. The van der Waals surface area contributed by atoms with E-state index in [1.807, 2.05) is 0 Å². The quantitative estimate of drug-likeness (QED) is 0.382. The number of imidazole rings is 1. The van der Waals surface area contributed by atoms with Gasteiger partial charge < -0.3 is 5.11 Å². The van der Waals surface area contributed by atoms with Gasteiger partial charge in [-0.05, 0) is 11.8 Å². The third kappa shape index (κ3) is 2.92. The van der Waals surface area contributed by atoms with Crippen molar-refractivity contribution in [2.45, 2.75) is 18.1 Å². The van der Waals surface area contributed by atoms with Gasteiger partial charge in [0, 0.05) is 12.8 Å². The minimum atomic E-state index is -0.890. The predicted molar refractivity (Wildman–Crippen MR) is 77.5 cm³/mol. The van der Waals surface area contributed by atoms with Crippen LogP contribution in [0.1, 0.15) is 6.42 Å². The van der Waals surface area contributed by atoms with E-state index in [0.29, 0.717) is 28.6 Å². The Balaban J connectivity index is 2.57. The van der Waals surface area contributed by atoms with E-state index < -0.39 is 17.2 Å². The van der Waals surface area contributed by atoms with Gasteiger partial charge in [-0.25, -0.2) is 14.3 Å². The van der Waals surface area contributed by atoms with E-state index in [1.165, 1.54) is 16.3 Å². The number of hydrogen-bond donors (Lipinski definition) is 3. The van der Waals surface area contributed by atoms with Gasteiger partial charge in [0.15, 0.2) is 0 Å². The molecule has 3 N–H and O–H groups in total. The lowest BCUT2D eigenvalue weighted by atomic mass is 10.5. The number of aromatic nitrogens is 4. The molecule has 0 aliphatic rings. The molecular formula is C12H15N4O4S+. The second-order valence-corrected chi connectivity index (χ2v) is 5.42. The zero-order valence-corrected chi connectivity index (χ0v) is 12.2. The van der Waals surface area contributed by atoms with Gasteiger partial charge >= 0.3 is 22.4 Å². The van der Waals surface area contributed by atoms with Gasteiger partial charge in [0.25, 0.3) is 11.2 Å². The van der Waals surface area contributed by atoms with Crippen LogP contribution in [0.5, 0.6) is 0 Å². The standard InChI is InChI=1S/C12H14N4O4S/c1-3-5-16-8-9(15(2)11(20)14-10(8)19)13-12(16)21-6-4-7(17)18/h3H,1,4-6H2,2H3,(H2,14,17,18,19,20)/p+1. The molecule has 2 rings (SSSR count). The van der Waals surface area contributed by atoms with Crippen LogP contribution < -0.4 is 15.8 Å². The summed E-state index contributed by atoms with van der Waals surface area (Å²) in [6, 6.07) is 0. The van der Waals surface area contributed by atoms with Crippen molar-refractivity contribution in [1.82, 2.24) is 14.5 Å². The average molecular weight is 311 g/mol. The molecule has 21 heavy (non-hydrogen) atoms. The van der Waals surface area contributed by atoms with Gasteiger partial charge in [-0.15, -0.1) is 0 Å². The van der Waals surface area contributed by atoms with Crippen molar-refractivity contribution >= 4 is 28.9 Å². The molecule has 0 aliphatic carbocycles. The third-order valence-corrected chi connectivity index (χ3v) is 3.91. The van der Waals surface area contributed by atoms with Crippen LogP contribution in [0.25, 0.3) is 11.2 Å². The number of aryl methyl sites for hydroxylation is 1. The van der Waals surface area contributed by atoms with Gasteiger partial charge in [0.05, 0.1) is 6.42 Å². The molecule has 2 heterocycles. The lowest BCUT2D eigenvalue weighted by Crippen LogP contribution is -2.40. The molecule has 0 bridgehead atoms. The van der Waals surface area contributed by atoms with Gasteiger partial charge in [0.1, 0.15) is 6.54 Å². The highest BCUT2D eigenvalue weighted by molar-refractivity contribution is 7.99. The number of carboxylic acids is 1. The van der Waals surface area contributed by atoms with E-state index in [1.54, 1.807) is 17.7 Å². The largest absolute Gasteiger partial charge is 0.481 e. The lowest BCUT2D eigenvalue weighted by Gasteiger charge is -1.97. The molecule has 2 aromatic rings. The second-order valence-electron chi connectivity index (χ2n) is 4.34. The summed E-state index contributed by atoms with van der Waals surface area (Å²) in [5.74, 6) is -0.537. The highest BCUT2D eigenvalue weighted by Crippen LogP contribution is 2.16. The van der Waals surface area contributed by atoms with E-state index in [-0.39, 0.29) is 6.42 Å². The molecule has 0 spiro atoms. The minimum Gasteiger partial charge on any atom is -0.481 e. The number of H-pyrrole nitrogens is 2. The maximum Gasteiger partial charge on any atom is 0.331 e. The molecule has 0 aromatic carbocycles. The molecular weight excluding hydrogens is 296 g/mol. The summed E-state index contributed by atoms with van der Waals surface area (Å²) < 4.78 is 2.98. The number of rotatable bonds is 6. The molecule has 8 nitrogen and oxygen atoms in total. The molecule has 0 fully saturated rings. The smallest absolute Gasteiger partial charge is 0.331 e. The van der Waals surface area contributed by atoms with Crippen molar-refractivity contribution < 1.29 is 14.5 Å². The molecule has 0 radical (unpaired) electrons. The molecule has 9 heteroatoms. The first-order valence-electron chi connectivity index (χ1n) is 6.16. The number of allylic oxidation sites excluding steroid dienone is 1. The number of fused-ring (bicyclic) bond motifs is 1. The monoisotopic (exact) mass is 311 g/mol. The Kier molecular flexibility index (Phi) is 4.32. The molecule has 112 valence electrons. The van der Waals surface area contributed by atoms with Crippen molar-refractivity contribution in [3.63, 3.8) is 0 Å². The Labute approximate surface area is 123 Å². The number of nitrogens with one attached hydrogen (secondary N) is 2. The van der Waals surface area contributed by atoms with Crippen LogP contribution in [0.4, 0.5) is 0 Å². The van der Waals surface area contributed by atoms with E-state index in [9.17, 15) is 14.4 Å². The van der Waals surface area contributed by atoms with Crippen molar-refractivity contribution in [1.29, 1.82) is 0 Å². The Morgan fingerprint density at radius 1 is 1.48 bits per heavy atom. The van der Waals surface area contributed by atoms with Crippen molar-refractivity contribution in [3.8, 4) is 0 Å². The highest BCUT2D eigenvalue weighted by atomic mass is 32.2. The summed E-state index contributed by atoms with van der Waals surface area (Å²) in [7, 11) is 1.54. The van der Waals surface area contributed by atoms with Gasteiger partial charge in [-0.1, -0.05) is 12.7 Å². The number of carbonyl (C=O) groups is 1. The molecule has 0 aliphatic heterocycles. The Hall–Kier alpha value is -2.29. The van der Waals surface area contributed by atoms with Crippen molar-refractivity contribution in [3.05, 3.63) is 33.5 Å². The van der Waals surface area contributed by atoms with E-state index in [2.05, 4.69) is 16.5 Å². The number of hydrogen-bond acceptors (Lipinski definition) is 4. The summed E-state index contributed by atoms with van der Waals surface area (Å²) in [5, 5.41) is 9.29. The fourth-order valence-electron chi connectivity index (χ4n) is 1.92. The van der Waals surface area contributed by atoms with Gasteiger partial charge in [-0.3, -0.25) is 19.1 Å². The number of aliphatic carboxylic acids is 1. The molecule has 0 saturated carbocycles. The van der Waals surface area contributed by atoms with Crippen LogP contribution in [0.3, 0.4) is 0 Å². The van der Waals surface area contributed by atoms with Gasteiger partial charge in [0.2, 0.25) is 0 Å². The van der Waals surface area contributed by atoms with Crippen LogP contribution in [0.2, 0.25) is 0 Å². The van der Waals surface area contributed by atoms with Crippen molar-refractivity contribution in [2.75, 3.05) is 5.75 Å². The van der Waals surface area contributed by atoms with Crippen LogP contribution in [0.15, 0.2) is 27.4 Å². The second kappa shape index (κ2) is 6.00. The third-order valence-electron chi connectivity index (χ3n) is 2.91. The molecule has 0 amide bonds. The fraction of sp³-hybridized carbons (Fsp3) is 0.333. The summed E-state index contributed by atoms with van der Waals surface area (Å²) >= 11 is 1.27. The normalized spacial score (nSPS) is 10.9. The van der Waals surface area contributed by atoms with E-state index in [4.69, 9.17) is 5.11 Å². The molecule has 0 atom stereocenters. The Morgan fingerprint density at radius 2 is 2.19 bits per heavy atom. The molecule has 0 saturated heterocycles. The Bertz CT molecular complexity index is 817. The van der Waals surface area contributed by atoms with Gasteiger partial charge in [-0.2, -0.15) is 0 Å². The topological polar surface area (TPSA) is 112 Å². The zero-order valence-electron chi connectivity index (χ0n) is 11.4. The first-order valence-corrected chi connectivity index (χ1v) is 7.14. The average Bonchev–Trinajstić information content (AvgIpc) is 2.76. The number of thioether (sulfide) groups is 1. The highest BCUT2D eigenvalue weighted by Gasteiger charge is 2.24. The maximum atomic E-state index is 12.0. The first kappa shape index (κ1) is 15.1. The summed E-state index contributed by atoms with van der Waals surface area (Å²) in [4.78, 5) is 39.4. The lowest BCUT2D eigenvalue weighted by molar-refractivity contribution is -0.699. The fourth-order valence-corrected chi connectivity index (χ4v) is 2.88. The summed E-state index contributed by atoms with van der Waals surface area (Å²) in [6.07, 6.45) is 1.63. The predicted octanol–water partition coefficient (Wildman–Crippen LogP) is -0.405. The molecule has 2 aromatic heterocycles. The van der Waals surface area contributed by atoms with Crippen LogP contribution in [0, 0.1) is 0 Å². The number of nitrogens with zero attached hydrogens (tertiary/aromatic N) is 2. The van der Waals surface area contributed by atoms with Crippen LogP contribution >= 0.6 is 11.8 Å². The van der Waals surface area contributed by atoms with E-state index >= 15 is 0 Å². The molecule has 0 unspecified atom stereocenters. The number of carboxylic acid groups (broad SMARTS) is 1. The zero-order chi connectivity index (χ0) is 15.6.